The average molecular weight is 311 g/mol. The molecule has 0 aliphatic carbocycles. The number of halogens is 1. The first-order chi connectivity index (χ1) is 7.97. The maximum Gasteiger partial charge on any atom is 0.0897 e. The quantitative estimate of drug-likeness (QED) is 0.940. The van der Waals surface area contributed by atoms with Gasteiger partial charge < -0.3 is 5.73 Å². The molecule has 2 nitrogen and oxygen atoms in total. The van der Waals surface area contributed by atoms with Gasteiger partial charge in [0.2, 0.25) is 0 Å². The summed E-state index contributed by atoms with van der Waals surface area (Å²) >= 11 is 5.14. The first-order valence-corrected chi connectivity index (χ1v) is 7.10. The van der Waals surface area contributed by atoms with Gasteiger partial charge in [-0.3, -0.25) is 0 Å². The van der Waals surface area contributed by atoms with Crippen molar-refractivity contribution in [2.75, 3.05) is 0 Å². The Hall–Kier alpha value is -0.710. The van der Waals surface area contributed by atoms with Gasteiger partial charge >= 0.3 is 0 Å². The number of nitrogens with zero attached hydrogens (tertiary/aromatic N) is 1. The maximum absolute atomic E-state index is 6.39. The molecule has 90 valence electrons. The average Bonchev–Trinajstić information content (AvgIpc) is 2.63. The van der Waals surface area contributed by atoms with Crippen LogP contribution >= 0.6 is 27.3 Å². The Labute approximate surface area is 114 Å². The third kappa shape index (κ3) is 3.15. The summed E-state index contributed by atoms with van der Waals surface area (Å²) in [6.45, 7) is 4.06. The molecule has 2 aromatic rings. The lowest BCUT2D eigenvalue weighted by Crippen LogP contribution is -2.35. The van der Waals surface area contributed by atoms with Crippen LogP contribution in [0.3, 0.4) is 0 Å². The molecule has 17 heavy (non-hydrogen) atoms. The molecule has 0 bridgehead atoms. The van der Waals surface area contributed by atoms with Crippen molar-refractivity contribution in [2.24, 2.45) is 5.73 Å². The molecule has 0 aliphatic heterocycles. The summed E-state index contributed by atoms with van der Waals surface area (Å²) in [5.41, 5.74) is 8.20. The minimum absolute atomic E-state index is 0.385. The fourth-order valence-electron chi connectivity index (χ4n) is 1.81. The van der Waals surface area contributed by atoms with Crippen molar-refractivity contribution >= 4 is 27.3 Å². The van der Waals surface area contributed by atoms with E-state index in [1.807, 2.05) is 26.0 Å². The molecule has 2 N–H and O–H groups in total. The van der Waals surface area contributed by atoms with Crippen molar-refractivity contribution in [1.29, 1.82) is 0 Å². The summed E-state index contributed by atoms with van der Waals surface area (Å²) in [6, 6.07) is 8.15. The lowest BCUT2D eigenvalue weighted by molar-refractivity contribution is 0.486. The SMILES string of the molecule is Cc1nc(CC(C)(N)c2cccc(Br)c2)cs1. The van der Waals surface area contributed by atoms with Crippen molar-refractivity contribution in [1.82, 2.24) is 4.98 Å². The first kappa shape index (κ1) is 12.7. The van der Waals surface area contributed by atoms with Gasteiger partial charge in [-0.2, -0.15) is 0 Å². The van der Waals surface area contributed by atoms with Crippen LogP contribution in [-0.2, 0) is 12.0 Å². The van der Waals surface area contributed by atoms with E-state index in [9.17, 15) is 0 Å². The van der Waals surface area contributed by atoms with Crippen LogP contribution in [0.2, 0.25) is 0 Å². The number of nitrogens with two attached hydrogens (primary N) is 1. The molecule has 0 aliphatic rings. The van der Waals surface area contributed by atoms with Crippen molar-refractivity contribution in [2.45, 2.75) is 25.8 Å². The van der Waals surface area contributed by atoms with Crippen molar-refractivity contribution in [3.05, 3.63) is 50.4 Å². The molecule has 0 spiro atoms. The van der Waals surface area contributed by atoms with Crippen LogP contribution in [0.4, 0.5) is 0 Å². The Kier molecular flexibility index (Phi) is 3.66. The molecule has 2 rings (SSSR count). The predicted molar refractivity (Wildman–Crippen MR) is 76.2 cm³/mol. The van der Waals surface area contributed by atoms with Gasteiger partial charge in [-0.15, -0.1) is 11.3 Å². The third-order valence-electron chi connectivity index (χ3n) is 2.70. The molecule has 0 radical (unpaired) electrons. The fourth-order valence-corrected chi connectivity index (χ4v) is 2.82. The summed E-state index contributed by atoms with van der Waals surface area (Å²) in [7, 11) is 0. The largest absolute Gasteiger partial charge is 0.321 e. The summed E-state index contributed by atoms with van der Waals surface area (Å²) in [6.07, 6.45) is 0.758. The fraction of sp³-hybridized carbons (Fsp3) is 0.308. The molecule has 0 saturated carbocycles. The molecular weight excluding hydrogens is 296 g/mol. The zero-order valence-corrected chi connectivity index (χ0v) is 12.3. The molecule has 1 aromatic heterocycles. The Balaban J connectivity index is 2.24. The van der Waals surface area contributed by atoms with E-state index in [1.54, 1.807) is 11.3 Å². The second-order valence-corrected chi connectivity index (χ2v) is 6.44. The lowest BCUT2D eigenvalue weighted by atomic mass is 9.89. The van der Waals surface area contributed by atoms with Crippen LogP contribution < -0.4 is 5.73 Å². The highest BCUT2D eigenvalue weighted by atomic mass is 79.9. The van der Waals surface area contributed by atoms with E-state index < -0.39 is 0 Å². The third-order valence-corrected chi connectivity index (χ3v) is 4.01. The van der Waals surface area contributed by atoms with Crippen molar-refractivity contribution in [3.8, 4) is 0 Å². The zero-order chi connectivity index (χ0) is 12.5. The highest BCUT2D eigenvalue weighted by Crippen LogP contribution is 2.25. The Bertz CT molecular complexity index is 520. The van der Waals surface area contributed by atoms with Gasteiger partial charge in [0.1, 0.15) is 0 Å². The summed E-state index contributed by atoms with van der Waals surface area (Å²) < 4.78 is 1.06. The Morgan fingerprint density at radius 1 is 1.47 bits per heavy atom. The Morgan fingerprint density at radius 2 is 2.24 bits per heavy atom. The molecular formula is C13H15BrN2S. The smallest absolute Gasteiger partial charge is 0.0897 e. The molecule has 1 unspecified atom stereocenters. The van der Waals surface area contributed by atoms with Crippen LogP contribution in [0.5, 0.6) is 0 Å². The van der Waals surface area contributed by atoms with Gasteiger partial charge in [0.05, 0.1) is 10.7 Å². The number of hydrogen-bond acceptors (Lipinski definition) is 3. The Morgan fingerprint density at radius 3 is 2.82 bits per heavy atom. The summed E-state index contributed by atoms with van der Waals surface area (Å²) in [5.74, 6) is 0. The second kappa shape index (κ2) is 4.88. The number of aromatic nitrogens is 1. The van der Waals surface area contributed by atoms with Crippen LogP contribution in [0.15, 0.2) is 34.1 Å². The van der Waals surface area contributed by atoms with Gasteiger partial charge in [-0.1, -0.05) is 28.1 Å². The molecule has 1 aromatic carbocycles. The number of thiazole rings is 1. The summed E-state index contributed by atoms with van der Waals surface area (Å²) in [5, 5.41) is 3.17. The predicted octanol–water partition coefficient (Wildman–Crippen LogP) is 3.63. The van der Waals surface area contributed by atoms with Gasteiger partial charge in [0, 0.05) is 21.8 Å². The molecule has 1 heterocycles. The van der Waals surface area contributed by atoms with E-state index in [1.165, 1.54) is 0 Å². The molecule has 0 fully saturated rings. The van der Waals surface area contributed by atoms with E-state index >= 15 is 0 Å². The first-order valence-electron chi connectivity index (χ1n) is 5.43. The van der Waals surface area contributed by atoms with Gasteiger partial charge in [0.15, 0.2) is 0 Å². The van der Waals surface area contributed by atoms with E-state index in [0.29, 0.717) is 0 Å². The van der Waals surface area contributed by atoms with E-state index in [0.717, 1.165) is 27.2 Å². The van der Waals surface area contributed by atoms with E-state index in [-0.39, 0.29) is 5.54 Å². The zero-order valence-electron chi connectivity index (χ0n) is 9.90. The number of aryl methyl sites for hydroxylation is 1. The number of hydrogen-bond donors (Lipinski definition) is 1. The normalized spacial score (nSPS) is 14.6. The van der Waals surface area contributed by atoms with Crippen LogP contribution in [0.25, 0.3) is 0 Å². The van der Waals surface area contributed by atoms with Gasteiger partial charge in [0.25, 0.3) is 0 Å². The van der Waals surface area contributed by atoms with Crippen LogP contribution in [0.1, 0.15) is 23.2 Å². The number of rotatable bonds is 3. The summed E-state index contributed by atoms with van der Waals surface area (Å²) in [4.78, 5) is 4.47. The molecule has 1 atom stereocenters. The molecule has 4 heteroatoms. The maximum atomic E-state index is 6.39. The van der Waals surface area contributed by atoms with E-state index in [4.69, 9.17) is 5.73 Å². The standard InChI is InChI=1S/C13H15BrN2S/c1-9-16-12(8-17-9)7-13(2,15)10-4-3-5-11(14)6-10/h3-6,8H,7,15H2,1-2H3. The topological polar surface area (TPSA) is 38.9 Å². The molecule has 0 saturated heterocycles. The second-order valence-electron chi connectivity index (χ2n) is 4.46. The van der Waals surface area contributed by atoms with Gasteiger partial charge in [-0.25, -0.2) is 4.98 Å². The van der Waals surface area contributed by atoms with Crippen LogP contribution in [0, 0.1) is 6.92 Å². The van der Waals surface area contributed by atoms with Crippen molar-refractivity contribution < 1.29 is 0 Å². The highest BCUT2D eigenvalue weighted by Gasteiger charge is 2.23. The van der Waals surface area contributed by atoms with Gasteiger partial charge in [-0.05, 0) is 31.5 Å². The monoisotopic (exact) mass is 310 g/mol. The van der Waals surface area contributed by atoms with Crippen molar-refractivity contribution in [3.63, 3.8) is 0 Å². The minimum Gasteiger partial charge on any atom is -0.321 e. The number of benzene rings is 1. The van der Waals surface area contributed by atoms with E-state index in [2.05, 4.69) is 38.4 Å². The lowest BCUT2D eigenvalue weighted by Gasteiger charge is -2.24. The molecule has 0 amide bonds. The minimum atomic E-state index is -0.385. The highest BCUT2D eigenvalue weighted by molar-refractivity contribution is 9.10. The van der Waals surface area contributed by atoms with Crippen LogP contribution in [-0.4, -0.2) is 4.98 Å².